The van der Waals surface area contributed by atoms with E-state index in [0.717, 1.165) is 16.9 Å². The number of amides is 2. The van der Waals surface area contributed by atoms with Crippen LogP contribution < -0.4 is 15.4 Å². The van der Waals surface area contributed by atoms with Crippen molar-refractivity contribution in [3.63, 3.8) is 0 Å². The van der Waals surface area contributed by atoms with Crippen molar-refractivity contribution in [2.24, 2.45) is 0 Å². The van der Waals surface area contributed by atoms with Crippen molar-refractivity contribution >= 4 is 6.03 Å². The van der Waals surface area contributed by atoms with Crippen LogP contribution in [0.4, 0.5) is 4.79 Å². The second-order valence-corrected chi connectivity index (χ2v) is 5.09. The Kier molecular flexibility index (Phi) is 5.77. The van der Waals surface area contributed by atoms with E-state index < -0.39 is 0 Å². The Labute approximate surface area is 130 Å². The van der Waals surface area contributed by atoms with Gasteiger partial charge in [0.15, 0.2) is 0 Å². The summed E-state index contributed by atoms with van der Waals surface area (Å²) in [7, 11) is 0. The van der Waals surface area contributed by atoms with Crippen LogP contribution in [0.5, 0.6) is 5.75 Å². The highest BCUT2D eigenvalue weighted by Crippen LogP contribution is 2.18. The largest absolute Gasteiger partial charge is 0.491 e. The molecule has 0 unspecified atom stereocenters. The van der Waals surface area contributed by atoms with Crippen molar-refractivity contribution in [2.45, 2.75) is 20.4 Å². The van der Waals surface area contributed by atoms with Gasteiger partial charge in [0, 0.05) is 18.9 Å². The number of aromatic nitrogens is 1. The molecule has 0 aliphatic carbocycles. The summed E-state index contributed by atoms with van der Waals surface area (Å²) in [5.74, 6) is 0.850. The topological polar surface area (TPSA) is 63.2 Å². The van der Waals surface area contributed by atoms with Crippen LogP contribution in [0.25, 0.3) is 0 Å². The molecule has 1 aromatic heterocycles. The zero-order valence-electron chi connectivity index (χ0n) is 12.9. The third kappa shape index (κ3) is 5.09. The van der Waals surface area contributed by atoms with Gasteiger partial charge in [-0.2, -0.15) is 0 Å². The van der Waals surface area contributed by atoms with Crippen molar-refractivity contribution in [3.05, 3.63) is 59.4 Å². The molecule has 116 valence electrons. The molecule has 2 amide bonds. The Morgan fingerprint density at radius 3 is 2.82 bits per heavy atom. The van der Waals surface area contributed by atoms with Crippen molar-refractivity contribution in [1.82, 2.24) is 15.6 Å². The number of benzene rings is 1. The van der Waals surface area contributed by atoms with Crippen molar-refractivity contribution in [2.75, 3.05) is 13.2 Å². The van der Waals surface area contributed by atoms with Gasteiger partial charge in [-0.3, -0.25) is 4.98 Å². The fraction of sp³-hybridized carbons (Fsp3) is 0.294. The molecule has 0 spiro atoms. The minimum atomic E-state index is -0.215. The molecule has 2 rings (SSSR count). The normalized spacial score (nSPS) is 10.1. The summed E-state index contributed by atoms with van der Waals surface area (Å²) in [5, 5.41) is 5.53. The van der Waals surface area contributed by atoms with Crippen LogP contribution in [-0.4, -0.2) is 24.2 Å². The Bertz CT molecular complexity index is 615. The molecular weight excluding hydrogens is 278 g/mol. The number of carbonyl (C=O) groups is 1. The van der Waals surface area contributed by atoms with Crippen LogP contribution >= 0.6 is 0 Å². The molecule has 0 saturated heterocycles. The van der Waals surface area contributed by atoms with Gasteiger partial charge in [0.2, 0.25) is 0 Å². The van der Waals surface area contributed by atoms with E-state index in [2.05, 4.69) is 21.7 Å². The van der Waals surface area contributed by atoms with E-state index in [0.29, 0.717) is 19.7 Å². The van der Waals surface area contributed by atoms with Crippen LogP contribution in [0.15, 0.2) is 42.7 Å². The average Bonchev–Trinajstić information content (AvgIpc) is 2.52. The molecule has 0 radical (unpaired) electrons. The van der Waals surface area contributed by atoms with Crippen molar-refractivity contribution in [3.8, 4) is 5.75 Å². The predicted molar refractivity (Wildman–Crippen MR) is 85.9 cm³/mol. The van der Waals surface area contributed by atoms with Gasteiger partial charge < -0.3 is 15.4 Å². The molecule has 1 aromatic carbocycles. The number of nitrogens with one attached hydrogen (secondary N) is 2. The maximum Gasteiger partial charge on any atom is 0.315 e. The molecule has 0 bridgehead atoms. The number of nitrogens with zero attached hydrogens (tertiary/aromatic N) is 1. The Balaban J connectivity index is 1.65. The molecule has 0 fully saturated rings. The van der Waals surface area contributed by atoms with Gasteiger partial charge in [-0.15, -0.1) is 0 Å². The zero-order chi connectivity index (χ0) is 15.8. The first kappa shape index (κ1) is 15.8. The summed E-state index contributed by atoms with van der Waals surface area (Å²) in [6, 6.07) is 9.57. The molecule has 0 atom stereocenters. The third-order valence-corrected chi connectivity index (χ3v) is 3.15. The molecule has 0 aliphatic heterocycles. The Hall–Kier alpha value is -2.56. The first-order valence-electron chi connectivity index (χ1n) is 7.26. The highest BCUT2D eigenvalue weighted by Gasteiger charge is 2.02. The number of carbonyl (C=O) groups excluding carboxylic acids is 1. The monoisotopic (exact) mass is 299 g/mol. The zero-order valence-corrected chi connectivity index (χ0v) is 12.9. The van der Waals surface area contributed by atoms with E-state index in [-0.39, 0.29) is 6.03 Å². The third-order valence-electron chi connectivity index (χ3n) is 3.15. The molecule has 5 nitrogen and oxygen atoms in total. The number of rotatable bonds is 6. The number of urea groups is 1. The second kappa shape index (κ2) is 8.02. The van der Waals surface area contributed by atoms with Crippen LogP contribution in [0, 0.1) is 13.8 Å². The molecule has 1 heterocycles. The van der Waals surface area contributed by atoms with E-state index in [9.17, 15) is 4.79 Å². The quantitative estimate of drug-likeness (QED) is 0.806. The van der Waals surface area contributed by atoms with E-state index in [1.807, 2.05) is 38.1 Å². The fourth-order valence-electron chi connectivity index (χ4n) is 2.03. The van der Waals surface area contributed by atoms with Crippen LogP contribution in [-0.2, 0) is 6.54 Å². The summed E-state index contributed by atoms with van der Waals surface area (Å²) >= 11 is 0. The summed E-state index contributed by atoms with van der Waals surface area (Å²) in [6.45, 7) is 5.40. The van der Waals surface area contributed by atoms with Gasteiger partial charge >= 0.3 is 6.03 Å². The lowest BCUT2D eigenvalue weighted by atomic mass is 10.1. The fourth-order valence-corrected chi connectivity index (χ4v) is 2.03. The van der Waals surface area contributed by atoms with Gasteiger partial charge in [0.05, 0.1) is 6.54 Å². The maximum absolute atomic E-state index is 11.6. The minimum Gasteiger partial charge on any atom is -0.491 e. The molecule has 0 saturated carbocycles. The van der Waals surface area contributed by atoms with E-state index in [1.165, 1.54) is 5.56 Å². The lowest BCUT2D eigenvalue weighted by molar-refractivity contribution is 0.236. The van der Waals surface area contributed by atoms with Crippen molar-refractivity contribution in [1.29, 1.82) is 0 Å². The van der Waals surface area contributed by atoms with Gasteiger partial charge in [-0.05, 0) is 37.1 Å². The predicted octanol–water partition coefficient (Wildman–Crippen LogP) is 2.58. The molecular formula is C17H21N3O2. The van der Waals surface area contributed by atoms with Gasteiger partial charge in [0.25, 0.3) is 0 Å². The highest BCUT2D eigenvalue weighted by atomic mass is 16.5. The summed E-state index contributed by atoms with van der Waals surface area (Å²) in [5.41, 5.74) is 3.27. The first-order chi connectivity index (χ1) is 10.6. The highest BCUT2D eigenvalue weighted by molar-refractivity contribution is 5.73. The lowest BCUT2D eigenvalue weighted by Crippen LogP contribution is -2.37. The number of ether oxygens (including phenoxy) is 1. The lowest BCUT2D eigenvalue weighted by Gasteiger charge is -2.11. The van der Waals surface area contributed by atoms with Crippen LogP contribution in [0.2, 0.25) is 0 Å². The Morgan fingerprint density at radius 1 is 1.23 bits per heavy atom. The van der Waals surface area contributed by atoms with Crippen LogP contribution in [0.3, 0.4) is 0 Å². The number of pyridine rings is 1. The van der Waals surface area contributed by atoms with Gasteiger partial charge in [-0.25, -0.2) is 4.79 Å². The number of hydrogen-bond donors (Lipinski definition) is 2. The molecule has 22 heavy (non-hydrogen) atoms. The minimum absolute atomic E-state index is 0.215. The first-order valence-corrected chi connectivity index (χ1v) is 7.26. The molecule has 5 heteroatoms. The van der Waals surface area contributed by atoms with Gasteiger partial charge in [0.1, 0.15) is 12.4 Å². The Morgan fingerprint density at radius 2 is 2.09 bits per heavy atom. The molecule has 2 aromatic rings. The summed E-state index contributed by atoms with van der Waals surface area (Å²) < 4.78 is 5.65. The maximum atomic E-state index is 11.6. The summed E-state index contributed by atoms with van der Waals surface area (Å²) in [6.07, 6.45) is 3.43. The molecule has 2 N–H and O–H groups in total. The van der Waals surface area contributed by atoms with Crippen molar-refractivity contribution < 1.29 is 9.53 Å². The van der Waals surface area contributed by atoms with Crippen LogP contribution in [0.1, 0.15) is 16.7 Å². The standard InChI is InChI=1S/C17H21N3O2/c1-13-5-6-16(14(2)10-13)22-9-8-19-17(21)20-12-15-4-3-7-18-11-15/h3-7,10-11H,8-9,12H2,1-2H3,(H2,19,20,21). The number of aryl methyl sites for hydroxylation is 2. The smallest absolute Gasteiger partial charge is 0.315 e. The van der Waals surface area contributed by atoms with Gasteiger partial charge in [-0.1, -0.05) is 23.8 Å². The average molecular weight is 299 g/mol. The molecule has 0 aliphatic rings. The van der Waals surface area contributed by atoms with E-state index in [1.54, 1.807) is 12.4 Å². The summed E-state index contributed by atoms with van der Waals surface area (Å²) in [4.78, 5) is 15.6. The second-order valence-electron chi connectivity index (χ2n) is 5.09. The van der Waals surface area contributed by atoms with E-state index in [4.69, 9.17) is 4.74 Å². The SMILES string of the molecule is Cc1ccc(OCCNC(=O)NCc2cccnc2)c(C)c1. The van der Waals surface area contributed by atoms with E-state index >= 15 is 0 Å². The number of hydrogen-bond acceptors (Lipinski definition) is 3.